The lowest BCUT2D eigenvalue weighted by Gasteiger charge is -2.05. The van der Waals surface area contributed by atoms with Crippen LogP contribution in [0.4, 0.5) is 5.82 Å². The maximum atomic E-state index is 11.6. The number of ether oxygens (including phenoxy) is 1. The van der Waals surface area contributed by atoms with Gasteiger partial charge in [0.05, 0.1) is 6.61 Å². The molecule has 2 aromatic rings. The third kappa shape index (κ3) is 3.04. The molecule has 2 N–H and O–H groups in total. The average molecular weight is 258 g/mol. The molecule has 98 valence electrons. The number of aryl methyl sites for hydroxylation is 1. The molecule has 0 aliphatic carbocycles. The van der Waals surface area contributed by atoms with Crippen LogP contribution in [0.15, 0.2) is 24.4 Å². The van der Waals surface area contributed by atoms with E-state index in [1.807, 2.05) is 13.0 Å². The molecule has 6 heteroatoms. The zero-order valence-electron chi connectivity index (χ0n) is 10.8. The first-order valence-electron chi connectivity index (χ1n) is 5.85. The number of esters is 1. The minimum atomic E-state index is -0.523. The molecule has 0 unspecified atom stereocenters. The molecule has 6 nitrogen and oxygen atoms in total. The molecule has 2 heterocycles. The van der Waals surface area contributed by atoms with Crippen LogP contribution in [0.2, 0.25) is 0 Å². The van der Waals surface area contributed by atoms with E-state index in [0.717, 1.165) is 5.56 Å². The zero-order valence-corrected chi connectivity index (χ0v) is 10.8. The Morgan fingerprint density at radius 1 is 1.37 bits per heavy atom. The molecular formula is C13H14N4O2. The molecule has 0 amide bonds. The quantitative estimate of drug-likeness (QED) is 0.841. The van der Waals surface area contributed by atoms with Crippen molar-refractivity contribution in [1.82, 2.24) is 15.0 Å². The van der Waals surface area contributed by atoms with Gasteiger partial charge in [0.15, 0.2) is 11.5 Å². The lowest BCUT2D eigenvalue weighted by Crippen LogP contribution is -2.10. The fraction of sp³-hybridized carbons (Fsp3) is 0.231. The Balaban J connectivity index is 2.41. The van der Waals surface area contributed by atoms with Crippen LogP contribution in [-0.4, -0.2) is 27.5 Å². The summed E-state index contributed by atoms with van der Waals surface area (Å²) < 4.78 is 4.89. The van der Waals surface area contributed by atoms with Crippen molar-refractivity contribution in [2.45, 2.75) is 13.8 Å². The van der Waals surface area contributed by atoms with E-state index in [1.54, 1.807) is 19.2 Å². The van der Waals surface area contributed by atoms with Crippen LogP contribution in [0.1, 0.15) is 23.0 Å². The standard InChI is InChI=1S/C13H14N4O2/c1-3-19-13(18)10-6-11(14)17-12(16-10)9-5-4-8(2)7-15-9/h4-7H,3H2,1-2H3,(H2,14,16,17). The number of carbonyl (C=O) groups excluding carboxylic acids is 1. The van der Waals surface area contributed by atoms with Gasteiger partial charge in [-0.25, -0.2) is 14.8 Å². The minimum Gasteiger partial charge on any atom is -0.461 e. The van der Waals surface area contributed by atoms with Crippen LogP contribution in [-0.2, 0) is 4.74 Å². The first kappa shape index (κ1) is 12.9. The maximum Gasteiger partial charge on any atom is 0.357 e. The van der Waals surface area contributed by atoms with Crippen molar-refractivity contribution in [3.63, 3.8) is 0 Å². The molecular weight excluding hydrogens is 244 g/mol. The molecule has 2 rings (SSSR count). The Labute approximate surface area is 110 Å². The molecule has 19 heavy (non-hydrogen) atoms. The Morgan fingerprint density at radius 3 is 2.79 bits per heavy atom. The van der Waals surface area contributed by atoms with Crippen molar-refractivity contribution in [2.75, 3.05) is 12.3 Å². The predicted octanol–water partition coefficient (Wildman–Crippen LogP) is 1.61. The van der Waals surface area contributed by atoms with Gasteiger partial charge in [0.1, 0.15) is 11.5 Å². The molecule has 0 atom stereocenters. The van der Waals surface area contributed by atoms with Crippen LogP contribution >= 0.6 is 0 Å². The molecule has 0 saturated heterocycles. The highest BCUT2D eigenvalue weighted by molar-refractivity contribution is 5.88. The lowest BCUT2D eigenvalue weighted by molar-refractivity contribution is 0.0519. The van der Waals surface area contributed by atoms with Crippen LogP contribution in [0, 0.1) is 6.92 Å². The van der Waals surface area contributed by atoms with E-state index in [2.05, 4.69) is 15.0 Å². The number of nitrogens with two attached hydrogens (primary N) is 1. The highest BCUT2D eigenvalue weighted by atomic mass is 16.5. The number of pyridine rings is 1. The highest BCUT2D eigenvalue weighted by Crippen LogP contribution is 2.15. The second-order valence-electron chi connectivity index (χ2n) is 3.94. The van der Waals surface area contributed by atoms with E-state index < -0.39 is 5.97 Å². The number of nitrogens with zero attached hydrogens (tertiary/aromatic N) is 3. The third-order valence-corrected chi connectivity index (χ3v) is 2.37. The summed E-state index contributed by atoms with van der Waals surface area (Å²) in [5.74, 6) is -0.0107. The van der Waals surface area contributed by atoms with Crippen molar-refractivity contribution < 1.29 is 9.53 Å². The van der Waals surface area contributed by atoms with E-state index in [4.69, 9.17) is 10.5 Å². The van der Waals surface area contributed by atoms with Gasteiger partial charge in [-0.15, -0.1) is 0 Å². The normalized spacial score (nSPS) is 10.2. The summed E-state index contributed by atoms with van der Waals surface area (Å²) in [6.45, 7) is 3.94. The number of hydrogen-bond acceptors (Lipinski definition) is 6. The number of nitrogen functional groups attached to an aromatic ring is 1. The summed E-state index contributed by atoms with van der Waals surface area (Å²) in [4.78, 5) is 24.0. The van der Waals surface area contributed by atoms with Crippen molar-refractivity contribution in [3.05, 3.63) is 35.7 Å². The maximum absolute atomic E-state index is 11.6. The number of hydrogen-bond donors (Lipinski definition) is 1. The molecule has 0 fully saturated rings. The fourth-order valence-corrected chi connectivity index (χ4v) is 1.49. The van der Waals surface area contributed by atoms with Crippen LogP contribution in [0.25, 0.3) is 11.5 Å². The molecule has 0 spiro atoms. The summed E-state index contributed by atoms with van der Waals surface area (Å²) >= 11 is 0. The smallest absolute Gasteiger partial charge is 0.357 e. The lowest BCUT2D eigenvalue weighted by atomic mass is 10.2. The van der Waals surface area contributed by atoms with Crippen LogP contribution < -0.4 is 5.73 Å². The van der Waals surface area contributed by atoms with Gasteiger partial charge < -0.3 is 10.5 Å². The zero-order chi connectivity index (χ0) is 13.8. The van der Waals surface area contributed by atoms with Crippen LogP contribution in [0.3, 0.4) is 0 Å². The third-order valence-electron chi connectivity index (χ3n) is 2.37. The van der Waals surface area contributed by atoms with Gasteiger partial charge in [-0.1, -0.05) is 6.07 Å². The fourth-order valence-electron chi connectivity index (χ4n) is 1.49. The molecule has 0 saturated carbocycles. The molecule has 2 aromatic heterocycles. The number of aromatic nitrogens is 3. The van der Waals surface area contributed by atoms with Crippen LogP contribution in [0.5, 0.6) is 0 Å². The highest BCUT2D eigenvalue weighted by Gasteiger charge is 2.13. The second kappa shape index (κ2) is 5.43. The van der Waals surface area contributed by atoms with Gasteiger partial charge in [-0.05, 0) is 25.5 Å². The molecule has 0 radical (unpaired) electrons. The number of anilines is 1. The average Bonchev–Trinajstić information content (AvgIpc) is 2.39. The SMILES string of the molecule is CCOC(=O)c1cc(N)nc(-c2ccc(C)cn2)n1. The summed E-state index contributed by atoms with van der Waals surface area (Å²) in [5.41, 5.74) is 7.39. The Hall–Kier alpha value is -2.50. The Kier molecular flexibility index (Phi) is 3.70. The van der Waals surface area contributed by atoms with Gasteiger partial charge in [-0.3, -0.25) is 4.98 Å². The predicted molar refractivity (Wildman–Crippen MR) is 70.4 cm³/mol. The summed E-state index contributed by atoms with van der Waals surface area (Å²) in [5, 5.41) is 0. The van der Waals surface area contributed by atoms with E-state index in [-0.39, 0.29) is 18.1 Å². The topological polar surface area (TPSA) is 91.0 Å². The second-order valence-corrected chi connectivity index (χ2v) is 3.94. The summed E-state index contributed by atoms with van der Waals surface area (Å²) in [6, 6.07) is 5.05. The van der Waals surface area contributed by atoms with Crippen molar-refractivity contribution >= 4 is 11.8 Å². The van der Waals surface area contributed by atoms with Gasteiger partial charge in [-0.2, -0.15) is 0 Å². The van der Waals surface area contributed by atoms with E-state index >= 15 is 0 Å². The molecule has 0 aliphatic heterocycles. The van der Waals surface area contributed by atoms with Crippen molar-refractivity contribution in [2.24, 2.45) is 0 Å². The summed E-state index contributed by atoms with van der Waals surface area (Å²) in [7, 11) is 0. The minimum absolute atomic E-state index is 0.131. The van der Waals surface area contributed by atoms with Gasteiger partial charge in [0.25, 0.3) is 0 Å². The molecule has 0 aliphatic rings. The largest absolute Gasteiger partial charge is 0.461 e. The molecule has 0 aromatic carbocycles. The monoisotopic (exact) mass is 258 g/mol. The Bertz CT molecular complexity index is 596. The van der Waals surface area contributed by atoms with E-state index in [9.17, 15) is 4.79 Å². The van der Waals surface area contributed by atoms with Gasteiger partial charge in [0.2, 0.25) is 0 Å². The summed E-state index contributed by atoms with van der Waals surface area (Å²) in [6.07, 6.45) is 1.70. The van der Waals surface area contributed by atoms with E-state index in [0.29, 0.717) is 11.5 Å². The number of carbonyl (C=O) groups is 1. The van der Waals surface area contributed by atoms with E-state index in [1.165, 1.54) is 6.07 Å². The first-order valence-corrected chi connectivity index (χ1v) is 5.85. The first-order chi connectivity index (χ1) is 9.10. The van der Waals surface area contributed by atoms with Crippen molar-refractivity contribution in [3.8, 4) is 11.5 Å². The number of rotatable bonds is 3. The van der Waals surface area contributed by atoms with Crippen molar-refractivity contribution in [1.29, 1.82) is 0 Å². The Morgan fingerprint density at radius 2 is 2.16 bits per heavy atom. The van der Waals surface area contributed by atoms with Gasteiger partial charge in [0, 0.05) is 12.3 Å². The van der Waals surface area contributed by atoms with Gasteiger partial charge >= 0.3 is 5.97 Å². The molecule has 0 bridgehead atoms.